The van der Waals surface area contributed by atoms with Crippen LogP contribution in [0, 0.1) is 0 Å². The first-order valence-electron chi connectivity index (χ1n) is 7.79. The first kappa shape index (κ1) is 33.8. The monoisotopic (exact) mass is 430 g/mol. The highest BCUT2D eigenvalue weighted by molar-refractivity contribution is 4.86. The maximum Gasteiger partial charge on any atom is 0.332 e. The summed E-state index contributed by atoms with van der Waals surface area (Å²) in [5, 5.41) is 0. The molecule has 0 atom stereocenters. The van der Waals surface area contributed by atoms with Gasteiger partial charge in [-0.1, -0.05) is 0 Å². The first-order valence-corrected chi connectivity index (χ1v) is 7.79. The summed E-state index contributed by atoms with van der Waals surface area (Å²) in [5.41, 5.74) is 0. The molecule has 12 heteroatoms. The Balaban J connectivity index is -0.000000145. The van der Waals surface area contributed by atoms with E-state index in [0.29, 0.717) is 20.2 Å². The zero-order valence-electron chi connectivity index (χ0n) is 15.4. The molecule has 170 valence electrons. The molecule has 1 fully saturated rings. The molecule has 0 amide bonds. The van der Waals surface area contributed by atoms with Crippen LogP contribution in [0.3, 0.4) is 0 Å². The van der Waals surface area contributed by atoms with Gasteiger partial charge in [0.25, 0.3) is 0 Å². The molecule has 0 saturated carbocycles. The highest BCUT2D eigenvalue weighted by Gasteiger charge is 2.56. The fraction of sp³-hybridized carbons (Fsp3) is 1.00. The van der Waals surface area contributed by atoms with E-state index in [1.165, 1.54) is 6.92 Å². The van der Waals surface area contributed by atoms with Gasteiger partial charge in [0.05, 0.1) is 27.1 Å². The van der Waals surface area contributed by atoms with Crippen molar-refractivity contribution < 1.29 is 53.4 Å². The molecule has 0 unspecified atom stereocenters. The minimum atomic E-state index is -4.00. The van der Waals surface area contributed by atoms with Crippen molar-refractivity contribution in [3.05, 3.63) is 0 Å². The van der Waals surface area contributed by atoms with Gasteiger partial charge in [0.2, 0.25) is 6.93 Å². The Hall–Kier alpha value is -0.780. The van der Waals surface area contributed by atoms with Gasteiger partial charge in [-0.15, -0.1) is 0 Å². The molecule has 0 bridgehead atoms. The third-order valence-electron chi connectivity index (χ3n) is 2.24. The zero-order chi connectivity index (χ0) is 22.2. The summed E-state index contributed by atoms with van der Waals surface area (Å²) in [5.74, 6) is -7.90. The Morgan fingerprint density at radius 1 is 0.852 bits per heavy atom. The highest BCUT2D eigenvalue weighted by Crippen LogP contribution is 2.39. The summed E-state index contributed by atoms with van der Waals surface area (Å²) in [6.07, 6.45) is -0.428. The minimum Gasteiger partial charge on any atom is -0.379 e. The van der Waals surface area contributed by atoms with Crippen LogP contribution >= 0.6 is 0 Å². The molecule has 0 aromatic carbocycles. The van der Waals surface area contributed by atoms with Crippen molar-refractivity contribution in [1.82, 2.24) is 0 Å². The molecule has 2 nitrogen and oxygen atoms in total. The maximum absolute atomic E-state index is 12.4. The van der Waals surface area contributed by atoms with Crippen molar-refractivity contribution in [3.63, 3.8) is 0 Å². The minimum absolute atomic E-state index is 0.00875. The fourth-order valence-electron chi connectivity index (χ4n) is 1.20. The van der Waals surface area contributed by atoms with E-state index in [-0.39, 0.29) is 33.0 Å². The largest absolute Gasteiger partial charge is 0.379 e. The maximum atomic E-state index is 12.4. The van der Waals surface area contributed by atoms with Gasteiger partial charge < -0.3 is 9.47 Å². The topological polar surface area (TPSA) is 18.5 Å². The van der Waals surface area contributed by atoms with E-state index in [9.17, 15) is 43.9 Å². The molecular weight excluding hydrogens is 402 g/mol. The lowest BCUT2D eigenvalue weighted by molar-refractivity contribution is -0.222. The van der Waals surface area contributed by atoms with Gasteiger partial charge in [-0.2, -0.15) is 17.6 Å². The normalized spacial score (nSPS) is 16.4. The first-order chi connectivity index (χ1) is 12.7. The molecule has 0 N–H and O–H groups in total. The Bertz CT molecular complexity index is 235. The van der Waals surface area contributed by atoms with Crippen LogP contribution < -0.4 is 0 Å². The fourth-order valence-corrected chi connectivity index (χ4v) is 1.20. The molecule has 27 heavy (non-hydrogen) atoms. The molecule has 1 aliphatic rings. The highest BCUT2D eigenvalue weighted by atomic mass is 19.3. The second-order valence-electron chi connectivity index (χ2n) is 4.28. The van der Waals surface area contributed by atoms with Gasteiger partial charge in [-0.25, -0.2) is 13.2 Å². The second-order valence-corrected chi connectivity index (χ2v) is 4.28. The molecule has 0 radical (unpaired) electrons. The van der Waals surface area contributed by atoms with E-state index in [2.05, 4.69) is 9.47 Å². The predicted octanol–water partition coefficient (Wildman–Crippen LogP) is 5.84. The summed E-state index contributed by atoms with van der Waals surface area (Å²) in [6.45, 7) is -2.15. The average Bonchev–Trinajstić information content (AvgIpc) is 2.73. The number of alkyl halides is 10. The van der Waals surface area contributed by atoms with Gasteiger partial charge in [0.15, 0.2) is 0 Å². The molecule has 0 aromatic rings. The molecule has 0 aliphatic carbocycles. The molecule has 1 aliphatic heterocycles. The molecule has 0 spiro atoms. The summed E-state index contributed by atoms with van der Waals surface area (Å²) in [4.78, 5) is 0. The SMILES string of the molecule is CCF.CF.FC1(F)CCCOCC1(F)F.FCCCOCCF.FCF. The van der Waals surface area contributed by atoms with Crippen LogP contribution in [0.4, 0.5) is 43.9 Å². The standard InChI is InChI=1S/C6H8F4O.C5H10F2O.C2H5F.CH2F2.CH3F/c7-5(8)2-1-3-11-4-6(5,9)10;6-2-1-4-8-5-3-7;1-2-3;2-1-3;1-2/h1-4H2;1-5H2;2H2,1H3;1H2;1H3. The molecule has 1 heterocycles. The third kappa shape index (κ3) is 25.2. The summed E-state index contributed by atoms with van der Waals surface area (Å²) >= 11 is 0. The van der Waals surface area contributed by atoms with E-state index >= 15 is 0 Å². The van der Waals surface area contributed by atoms with Crippen LogP contribution in [0.15, 0.2) is 0 Å². The van der Waals surface area contributed by atoms with E-state index in [1.807, 2.05) is 0 Å². The predicted molar refractivity (Wildman–Crippen MR) is 83.1 cm³/mol. The van der Waals surface area contributed by atoms with Crippen LogP contribution in [-0.4, -0.2) is 72.4 Å². The number of ether oxygens (including phenoxy) is 2. The van der Waals surface area contributed by atoms with E-state index in [4.69, 9.17) is 0 Å². The van der Waals surface area contributed by atoms with Gasteiger partial charge in [-0.05, 0) is 19.8 Å². The van der Waals surface area contributed by atoms with Crippen LogP contribution in [-0.2, 0) is 9.47 Å². The van der Waals surface area contributed by atoms with Crippen molar-refractivity contribution in [2.24, 2.45) is 0 Å². The number of hydrogen-bond acceptors (Lipinski definition) is 2. The van der Waals surface area contributed by atoms with E-state index < -0.39 is 38.5 Å². The van der Waals surface area contributed by atoms with Crippen molar-refractivity contribution >= 4 is 0 Å². The lowest BCUT2D eigenvalue weighted by atomic mass is 10.1. The number of rotatable bonds is 5. The third-order valence-corrected chi connectivity index (χ3v) is 2.24. The van der Waals surface area contributed by atoms with Crippen molar-refractivity contribution in [2.45, 2.75) is 38.0 Å². The number of halogens is 10. The van der Waals surface area contributed by atoms with Crippen LogP contribution in [0.2, 0.25) is 0 Å². The summed E-state index contributed by atoms with van der Waals surface area (Å²) in [6, 6.07) is 0. The lowest BCUT2D eigenvalue weighted by Gasteiger charge is -2.22. The zero-order valence-corrected chi connectivity index (χ0v) is 15.4. The Morgan fingerprint density at radius 2 is 1.33 bits per heavy atom. The smallest absolute Gasteiger partial charge is 0.332 e. The molecule has 1 saturated heterocycles. The van der Waals surface area contributed by atoms with E-state index in [1.54, 1.807) is 0 Å². The van der Waals surface area contributed by atoms with Crippen LogP contribution in [0.25, 0.3) is 0 Å². The van der Waals surface area contributed by atoms with Gasteiger partial charge in [0, 0.05) is 19.6 Å². The Morgan fingerprint density at radius 3 is 1.74 bits per heavy atom. The summed E-state index contributed by atoms with van der Waals surface area (Å²) in [7, 11) is 0.500. The van der Waals surface area contributed by atoms with Crippen LogP contribution in [0.5, 0.6) is 0 Å². The van der Waals surface area contributed by atoms with Gasteiger partial charge in [-0.3, -0.25) is 13.2 Å². The molecule has 1 rings (SSSR count). The molecule has 0 aromatic heterocycles. The number of hydrogen-bond donors (Lipinski definition) is 0. The van der Waals surface area contributed by atoms with Crippen molar-refractivity contribution in [1.29, 1.82) is 0 Å². The molecular formula is C15H28F10O2. The van der Waals surface area contributed by atoms with Gasteiger partial charge >= 0.3 is 11.8 Å². The quantitative estimate of drug-likeness (QED) is 0.403. The van der Waals surface area contributed by atoms with Crippen LogP contribution in [0.1, 0.15) is 26.2 Å². The van der Waals surface area contributed by atoms with E-state index in [0.717, 1.165) is 0 Å². The summed E-state index contributed by atoms with van der Waals surface area (Å²) < 4.78 is 120. The Labute approximate surface area is 153 Å². The van der Waals surface area contributed by atoms with Gasteiger partial charge in [0.1, 0.15) is 13.3 Å². The Kier molecular flexibility index (Phi) is 31.6. The van der Waals surface area contributed by atoms with Crippen molar-refractivity contribution in [2.75, 3.05) is 60.6 Å². The van der Waals surface area contributed by atoms with Crippen molar-refractivity contribution in [3.8, 4) is 0 Å². The second kappa shape index (κ2) is 25.2. The lowest BCUT2D eigenvalue weighted by Crippen LogP contribution is -2.42. The average molecular weight is 430 g/mol.